The second-order valence-electron chi connectivity index (χ2n) is 2.99. The summed E-state index contributed by atoms with van der Waals surface area (Å²) in [4.78, 5) is 0. The topological polar surface area (TPSA) is 7.68 Å². The fourth-order valence-corrected chi connectivity index (χ4v) is 1.48. The van der Waals surface area contributed by atoms with Crippen molar-refractivity contribution in [2.75, 3.05) is 18.6 Å². The molecule has 70 valence electrons. The van der Waals surface area contributed by atoms with Crippen molar-refractivity contribution in [1.82, 2.24) is 0 Å². The van der Waals surface area contributed by atoms with E-state index in [9.17, 15) is 0 Å². The molecule has 1 unspecified atom stereocenters. The number of rotatable bonds is 1. The largest absolute Gasteiger partial charge is 1.00 e. The zero-order valence-electron chi connectivity index (χ0n) is 7.57. The summed E-state index contributed by atoms with van der Waals surface area (Å²) in [6, 6.07) is 10.5. The van der Waals surface area contributed by atoms with E-state index in [0.29, 0.717) is 0 Å². The maximum absolute atomic E-state index is 2.29. The van der Waals surface area contributed by atoms with Gasteiger partial charge in [0.1, 0.15) is 6.20 Å². The molecule has 1 heterocycles. The van der Waals surface area contributed by atoms with Gasteiger partial charge in [0.15, 0.2) is 0 Å². The van der Waals surface area contributed by atoms with E-state index in [1.807, 2.05) is 6.07 Å². The molecule has 1 atom stereocenters. The first-order valence-corrected chi connectivity index (χ1v) is 4.20. The van der Waals surface area contributed by atoms with Gasteiger partial charge in [0.2, 0.25) is 0 Å². The molecule has 0 saturated carbocycles. The highest BCUT2D eigenvalue weighted by Crippen LogP contribution is 2.09. The SMILES string of the molecule is C[NH+]1C=CCN1c1ccccc1.[I-]. The summed E-state index contributed by atoms with van der Waals surface area (Å²) in [6.45, 7) is 1.01. The van der Waals surface area contributed by atoms with Crippen molar-refractivity contribution < 1.29 is 29.0 Å². The predicted octanol–water partition coefficient (Wildman–Crippen LogP) is -2.55. The van der Waals surface area contributed by atoms with E-state index < -0.39 is 0 Å². The number of nitrogens with one attached hydrogen (secondary N) is 1. The summed E-state index contributed by atoms with van der Waals surface area (Å²) in [5.41, 5.74) is 1.28. The van der Waals surface area contributed by atoms with Crippen molar-refractivity contribution in [3.63, 3.8) is 0 Å². The van der Waals surface area contributed by atoms with Gasteiger partial charge in [-0.1, -0.05) is 18.2 Å². The number of nitrogens with zero attached hydrogens (tertiary/aromatic N) is 1. The number of quaternary nitrogens is 1. The Morgan fingerprint density at radius 3 is 2.46 bits per heavy atom. The first-order valence-electron chi connectivity index (χ1n) is 4.20. The minimum atomic E-state index is 0. The van der Waals surface area contributed by atoms with Crippen LogP contribution in [0.1, 0.15) is 0 Å². The predicted molar refractivity (Wildman–Crippen MR) is 49.8 cm³/mol. The number of hydrogen-bond acceptors (Lipinski definition) is 1. The van der Waals surface area contributed by atoms with Crippen LogP contribution in [-0.2, 0) is 0 Å². The highest BCUT2D eigenvalue weighted by atomic mass is 127. The number of para-hydroxylation sites is 1. The fourth-order valence-electron chi connectivity index (χ4n) is 1.48. The molecule has 0 bridgehead atoms. The van der Waals surface area contributed by atoms with E-state index in [1.165, 1.54) is 10.7 Å². The average molecular weight is 288 g/mol. The van der Waals surface area contributed by atoms with Gasteiger partial charge in [-0.05, 0) is 18.2 Å². The Morgan fingerprint density at radius 2 is 1.92 bits per heavy atom. The lowest BCUT2D eigenvalue weighted by atomic mass is 10.3. The van der Waals surface area contributed by atoms with Crippen LogP contribution in [0.15, 0.2) is 42.6 Å². The van der Waals surface area contributed by atoms with Crippen LogP contribution < -0.4 is 34.0 Å². The number of halogens is 1. The van der Waals surface area contributed by atoms with Gasteiger partial charge in [-0.25, -0.2) is 10.0 Å². The van der Waals surface area contributed by atoms with E-state index in [4.69, 9.17) is 0 Å². The van der Waals surface area contributed by atoms with E-state index in [1.54, 1.807) is 0 Å². The molecule has 0 spiro atoms. The molecule has 0 amide bonds. The van der Waals surface area contributed by atoms with Gasteiger partial charge in [-0.2, -0.15) is 0 Å². The second-order valence-corrected chi connectivity index (χ2v) is 2.99. The van der Waals surface area contributed by atoms with Gasteiger partial charge < -0.3 is 24.0 Å². The van der Waals surface area contributed by atoms with Crippen molar-refractivity contribution in [3.8, 4) is 0 Å². The number of hydrogen-bond donors (Lipinski definition) is 1. The van der Waals surface area contributed by atoms with Gasteiger partial charge >= 0.3 is 0 Å². The first-order chi connectivity index (χ1) is 5.88. The molecular weight excluding hydrogens is 275 g/mol. The Morgan fingerprint density at radius 1 is 1.23 bits per heavy atom. The number of benzene rings is 1. The zero-order chi connectivity index (χ0) is 8.39. The van der Waals surface area contributed by atoms with Gasteiger partial charge in [0.05, 0.1) is 19.3 Å². The fraction of sp³-hybridized carbons (Fsp3) is 0.200. The Kier molecular flexibility index (Phi) is 3.74. The van der Waals surface area contributed by atoms with Gasteiger partial charge in [-0.15, -0.1) is 0 Å². The van der Waals surface area contributed by atoms with Crippen LogP contribution in [0.4, 0.5) is 5.69 Å². The smallest absolute Gasteiger partial charge is 0.117 e. The summed E-state index contributed by atoms with van der Waals surface area (Å²) in [6.07, 6.45) is 4.34. The Balaban J connectivity index is 0.000000845. The van der Waals surface area contributed by atoms with E-state index in [-0.39, 0.29) is 24.0 Å². The third kappa shape index (κ3) is 2.22. The molecule has 0 aromatic heterocycles. The van der Waals surface area contributed by atoms with Crippen molar-refractivity contribution >= 4 is 5.69 Å². The summed E-state index contributed by atoms with van der Waals surface area (Å²) < 4.78 is 0. The van der Waals surface area contributed by atoms with Crippen LogP contribution >= 0.6 is 0 Å². The molecule has 1 aromatic rings. The minimum Gasteiger partial charge on any atom is -1.00 e. The normalized spacial score (nSPS) is 20.1. The lowest BCUT2D eigenvalue weighted by Gasteiger charge is -2.21. The lowest BCUT2D eigenvalue weighted by molar-refractivity contribution is -0.828. The third-order valence-corrected chi connectivity index (χ3v) is 2.14. The lowest BCUT2D eigenvalue weighted by Crippen LogP contribution is -3.10. The van der Waals surface area contributed by atoms with E-state index >= 15 is 0 Å². The minimum absolute atomic E-state index is 0. The third-order valence-electron chi connectivity index (χ3n) is 2.14. The molecule has 1 aliphatic heterocycles. The highest BCUT2D eigenvalue weighted by Gasteiger charge is 2.16. The Labute approximate surface area is 95.8 Å². The van der Waals surface area contributed by atoms with Crippen molar-refractivity contribution in [3.05, 3.63) is 42.6 Å². The number of anilines is 1. The highest BCUT2D eigenvalue weighted by molar-refractivity contribution is 5.44. The van der Waals surface area contributed by atoms with Crippen LogP contribution in [0.25, 0.3) is 0 Å². The molecule has 1 aromatic carbocycles. The van der Waals surface area contributed by atoms with E-state index in [0.717, 1.165) is 6.54 Å². The first kappa shape index (κ1) is 10.5. The van der Waals surface area contributed by atoms with Gasteiger partial charge in [0.25, 0.3) is 0 Å². The van der Waals surface area contributed by atoms with Gasteiger partial charge in [0, 0.05) is 0 Å². The molecule has 1 N–H and O–H groups in total. The monoisotopic (exact) mass is 288 g/mol. The molecular formula is C10H13IN2. The van der Waals surface area contributed by atoms with Crippen LogP contribution in [-0.4, -0.2) is 13.6 Å². The van der Waals surface area contributed by atoms with Crippen LogP contribution in [0.5, 0.6) is 0 Å². The molecule has 2 rings (SSSR count). The van der Waals surface area contributed by atoms with Crippen molar-refractivity contribution in [2.24, 2.45) is 0 Å². The maximum Gasteiger partial charge on any atom is 0.117 e. The molecule has 0 aliphatic carbocycles. The molecule has 2 nitrogen and oxygen atoms in total. The van der Waals surface area contributed by atoms with Crippen LogP contribution in [0.3, 0.4) is 0 Å². The van der Waals surface area contributed by atoms with Gasteiger partial charge in [-0.3, -0.25) is 0 Å². The average Bonchev–Trinajstić information content (AvgIpc) is 2.53. The quantitative estimate of drug-likeness (QED) is 0.559. The molecule has 1 aliphatic rings. The Hall–Kier alpha value is -0.550. The molecule has 3 heteroatoms. The van der Waals surface area contributed by atoms with Crippen molar-refractivity contribution in [1.29, 1.82) is 0 Å². The standard InChI is InChI=1S/C10H12N2.HI/c1-11-8-5-9-12(11)10-6-3-2-4-7-10;/h2-8H,9H2,1H3;1H. The summed E-state index contributed by atoms with van der Waals surface area (Å²) in [5, 5.41) is 3.61. The maximum atomic E-state index is 2.29. The Bertz CT molecular complexity index is 284. The van der Waals surface area contributed by atoms with Crippen LogP contribution in [0.2, 0.25) is 0 Å². The summed E-state index contributed by atoms with van der Waals surface area (Å²) in [7, 11) is 2.14. The summed E-state index contributed by atoms with van der Waals surface area (Å²) in [5.74, 6) is 0. The second kappa shape index (κ2) is 4.62. The zero-order valence-corrected chi connectivity index (χ0v) is 9.73. The summed E-state index contributed by atoms with van der Waals surface area (Å²) >= 11 is 0. The molecule has 0 saturated heterocycles. The molecule has 0 radical (unpaired) electrons. The van der Waals surface area contributed by atoms with E-state index in [2.05, 4.69) is 48.6 Å². The van der Waals surface area contributed by atoms with Crippen LogP contribution in [0, 0.1) is 0 Å². The molecule has 0 fully saturated rings. The van der Waals surface area contributed by atoms with Crippen molar-refractivity contribution in [2.45, 2.75) is 0 Å². The molecule has 13 heavy (non-hydrogen) atoms.